The molecule has 0 aromatic heterocycles. The van der Waals surface area contributed by atoms with Crippen molar-refractivity contribution in [1.29, 1.82) is 0 Å². The lowest BCUT2D eigenvalue weighted by molar-refractivity contribution is -0.115. The Morgan fingerprint density at radius 1 is 1.36 bits per heavy atom. The largest absolute Gasteiger partial charge is 0.416 e. The molecule has 2 N–H and O–H groups in total. The lowest BCUT2D eigenvalue weighted by Crippen LogP contribution is -2.53. The molecule has 3 amide bonds. The molecule has 2 saturated heterocycles. The maximum Gasteiger partial charge on any atom is 0.416 e. The first-order valence-corrected chi connectivity index (χ1v) is 10.5. The SMILES string of the molecule is CC(C)(C)N(C(=O)Oc1c(Br)cccc1C=C1SC(=O)NC1=O)C1CCNC1. The van der Waals surface area contributed by atoms with E-state index in [1.807, 2.05) is 20.8 Å². The second-order valence-electron chi connectivity index (χ2n) is 7.57. The van der Waals surface area contributed by atoms with Crippen LogP contribution in [-0.4, -0.2) is 46.8 Å². The van der Waals surface area contributed by atoms with Crippen LogP contribution in [0, 0.1) is 0 Å². The van der Waals surface area contributed by atoms with Crippen molar-refractivity contribution in [2.24, 2.45) is 0 Å². The molecule has 28 heavy (non-hydrogen) atoms. The Morgan fingerprint density at radius 2 is 2.11 bits per heavy atom. The van der Waals surface area contributed by atoms with Gasteiger partial charge in [-0.15, -0.1) is 0 Å². The second-order valence-corrected chi connectivity index (χ2v) is 9.43. The number of carbonyl (C=O) groups is 3. The number of amides is 3. The van der Waals surface area contributed by atoms with Crippen molar-refractivity contribution in [2.75, 3.05) is 13.1 Å². The van der Waals surface area contributed by atoms with Crippen molar-refractivity contribution in [3.63, 3.8) is 0 Å². The van der Waals surface area contributed by atoms with Crippen LogP contribution < -0.4 is 15.4 Å². The van der Waals surface area contributed by atoms with E-state index in [1.165, 1.54) is 0 Å². The molecule has 2 aliphatic rings. The Bertz CT molecular complexity index is 844. The molecule has 2 aliphatic heterocycles. The van der Waals surface area contributed by atoms with Crippen molar-refractivity contribution < 1.29 is 19.1 Å². The van der Waals surface area contributed by atoms with E-state index in [2.05, 4.69) is 26.6 Å². The van der Waals surface area contributed by atoms with Gasteiger partial charge >= 0.3 is 6.09 Å². The van der Waals surface area contributed by atoms with Crippen molar-refractivity contribution in [1.82, 2.24) is 15.5 Å². The number of halogens is 1. The fourth-order valence-electron chi connectivity index (χ4n) is 3.28. The highest BCUT2D eigenvalue weighted by atomic mass is 79.9. The van der Waals surface area contributed by atoms with Crippen molar-refractivity contribution in [3.8, 4) is 5.75 Å². The van der Waals surface area contributed by atoms with Gasteiger partial charge in [-0.2, -0.15) is 0 Å². The summed E-state index contributed by atoms with van der Waals surface area (Å²) >= 11 is 4.24. The summed E-state index contributed by atoms with van der Waals surface area (Å²) in [5, 5.41) is 5.08. The molecule has 0 saturated carbocycles. The number of hydrogen-bond acceptors (Lipinski definition) is 6. The number of ether oxygens (including phenoxy) is 1. The number of carbonyl (C=O) groups excluding carboxylic acids is 3. The van der Waals surface area contributed by atoms with Crippen LogP contribution in [0.15, 0.2) is 27.6 Å². The first kappa shape index (κ1) is 20.9. The van der Waals surface area contributed by atoms with Gasteiger partial charge in [-0.05, 0) is 73.6 Å². The standard InChI is InChI=1S/C19H22BrN3O4S/c1-19(2,3)23(12-7-8-21-10-12)18(26)27-15-11(5-4-6-13(15)20)9-14-16(24)22-17(25)28-14/h4-6,9,12,21H,7-8,10H2,1-3H3,(H,22,24,25). The molecule has 0 bridgehead atoms. The van der Waals surface area contributed by atoms with Crippen LogP contribution >= 0.6 is 27.7 Å². The second kappa shape index (κ2) is 8.26. The molecule has 0 aliphatic carbocycles. The Balaban J connectivity index is 1.91. The predicted octanol–water partition coefficient (Wildman–Crippen LogP) is 3.73. The molecule has 2 heterocycles. The van der Waals surface area contributed by atoms with Crippen LogP contribution in [0.25, 0.3) is 6.08 Å². The fourth-order valence-corrected chi connectivity index (χ4v) is 4.41. The van der Waals surface area contributed by atoms with Gasteiger partial charge in [0.05, 0.1) is 9.38 Å². The molecule has 0 radical (unpaired) electrons. The van der Waals surface area contributed by atoms with Gasteiger partial charge in [0.2, 0.25) is 0 Å². The molecule has 1 aromatic rings. The number of hydrogen-bond donors (Lipinski definition) is 2. The summed E-state index contributed by atoms with van der Waals surface area (Å²) < 4.78 is 6.38. The molecule has 3 rings (SSSR count). The van der Waals surface area contributed by atoms with Gasteiger partial charge < -0.3 is 10.1 Å². The van der Waals surface area contributed by atoms with E-state index in [0.29, 0.717) is 15.8 Å². The molecule has 1 unspecified atom stereocenters. The molecule has 0 spiro atoms. The van der Waals surface area contributed by atoms with Crippen LogP contribution in [0.3, 0.4) is 0 Å². The van der Waals surface area contributed by atoms with Crippen LogP contribution in [0.2, 0.25) is 0 Å². The van der Waals surface area contributed by atoms with E-state index < -0.39 is 22.8 Å². The Hall–Kier alpha value is -1.84. The lowest BCUT2D eigenvalue weighted by Gasteiger charge is -2.39. The predicted molar refractivity (Wildman–Crippen MR) is 112 cm³/mol. The molecular weight excluding hydrogens is 446 g/mol. The Labute approximate surface area is 176 Å². The van der Waals surface area contributed by atoms with Gasteiger partial charge in [0.1, 0.15) is 0 Å². The summed E-state index contributed by atoms with van der Waals surface area (Å²) in [6, 6.07) is 5.31. The zero-order valence-electron chi connectivity index (χ0n) is 15.9. The normalized spacial score (nSPS) is 21.1. The molecule has 1 atom stereocenters. The summed E-state index contributed by atoms with van der Waals surface area (Å²) in [5.41, 5.74) is 0.120. The smallest absolute Gasteiger partial charge is 0.408 e. The fraction of sp³-hybridized carbons (Fsp3) is 0.421. The summed E-state index contributed by atoms with van der Waals surface area (Å²) in [6.45, 7) is 7.50. The van der Waals surface area contributed by atoms with E-state index in [-0.39, 0.29) is 10.9 Å². The van der Waals surface area contributed by atoms with Crippen LogP contribution in [0.4, 0.5) is 9.59 Å². The number of rotatable bonds is 3. The van der Waals surface area contributed by atoms with Gasteiger partial charge in [0.25, 0.3) is 11.1 Å². The van der Waals surface area contributed by atoms with Gasteiger partial charge in [-0.3, -0.25) is 19.8 Å². The number of nitrogens with one attached hydrogen (secondary N) is 2. The Morgan fingerprint density at radius 3 is 2.68 bits per heavy atom. The highest BCUT2D eigenvalue weighted by Gasteiger charge is 2.36. The highest BCUT2D eigenvalue weighted by molar-refractivity contribution is 9.10. The van der Waals surface area contributed by atoms with Gasteiger partial charge in [0, 0.05) is 23.7 Å². The van der Waals surface area contributed by atoms with Crippen molar-refractivity contribution in [3.05, 3.63) is 33.1 Å². The van der Waals surface area contributed by atoms with Crippen LogP contribution in [-0.2, 0) is 4.79 Å². The van der Waals surface area contributed by atoms with Crippen LogP contribution in [0.1, 0.15) is 32.8 Å². The van der Waals surface area contributed by atoms with Crippen molar-refractivity contribution >= 4 is 51.0 Å². The van der Waals surface area contributed by atoms with E-state index >= 15 is 0 Å². The minimum atomic E-state index is -0.458. The monoisotopic (exact) mass is 467 g/mol. The van der Waals surface area contributed by atoms with Crippen molar-refractivity contribution in [2.45, 2.75) is 38.8 Å². The van der Waals surface area contributed by atoms with Crippen LogP contribution in [0.5, 0.6) is 5.75 Å². The average Bonchev–Trinajstić information content (AvgIpc) is 3.19. The maximum absolute atomic E-state index is 13.1. The highest BCUT2D eigenvalue weighted by Crippen LogP contribution is 2.35. The maximum atomic E-state index is 13.1. The topological polar surface area (TPSA) is 87.7 Å². The molecule has 9 heteroatoms. The zero-order chi connectivity index (χ0) is 20.5. The summed E-state index contributed by atoms with van der Waals surface area (Å²) in [7, 11) is 0. The lowest BCUT2D eigenvalue weighted by atomic mass is 10.0. The summed E-state index contributed by atoms with van der Waals surface area (Å²) in [5.74, 6) is -0.145. The van der Waals surface area contributed by atoms with Gasteiger partial charge in [0.15, 0.2) is 5.75 Å². The molecule has 150 valence electrons. The minimum Gasteiger partial charge on any atom is -0.408 e. The van der Waals surface area contributed by atoms with E-state index in [9.17, 15) is 14.4 Å². The molecule has 7 nitrogen and oxygen atoms in total. The Kier molecular flexibility index (Phi) is 6.16. The molecular formula is C19H22BrN3O4S. The van der Waals surface area contributed by atoms with E-state index in [0.717, 1.165) is 31.3 Å². The number of benzene rings is 1. The third kappa shape index (κ3) is 4.59. The van der Waals surface area contributed by atoms with Gasteiger partial charge in [-0.25, -0.2) is 4.79 Å². The third-order valence-electron chi connectivity index (χ3n) is 4.43. The quantitative estimate of drug-likeness (QED) is 0.658. The number of thioether (sulfide) groups is 1. The molecule has 2 fully saturated rings. The number of para-hydroxylation sites is 1. The van der Waals surface area contributed by atoms with E-state index in [4.69, 9.17) is 4.74 Å². The van der Waals surface area contributed by atoms with E-state index in [1.54, 1.807) is 29.2 Å². The number of imide groups is 1. The average molecular weight is 468 g/mol. The minimum absolute atomic E-state index is 0.0468. The summed E-state index contributed by atoms with van der Waals surface area (Å²) in [6.07, 6.45) is 1.96. The zero-order valence-corrected chi connectivity index (χ0v) is 18.3. The first-order chi connectivity index (χ1) is 13.2. The van der Waals surface area contributed by atoms with Gasteiger partial charge in [-0.1, -0.05) is 12.1 Å². The molecule has 1 aromatic carbocycles. The first-order valence-electron chi connectivity index (χ1n) is 8.92. The number of nitrogens with zero attached hydrogens (tertiary/aromatic N) is 1. The third-order valence-corrected chi connectivity index (χ3v) is 5.87. The summed E-state index contributed by atoms with van der Waals surface area (Å²) in [4.78, 5) is 38.4.